The molecule has 0 fully saturated rings. The van der Waals surface area contributed by atoms with E-state index < -0.39 is 22.5 Å². The molecule has 1 aromatic rings. The Bertz CT molecular complexity index is 519. The van der Waals surface area contributed by atoms with E-state index in [2.05, 4.69) is 0 Å². The molecule has 0 heterocycles. The number of nitrogens with one attached hydrogen (secondary N) is 1. The van der Waals surface area contributed by atoms with Crippen LogP contribution in [0.1, 0.15) is 13.8 Å². The van der Waals surface area contributed by atoms with Crippen molar-refractivity contribution >= 4 is 21.8 Å². The maximum atomic E-state index is 9.63. The van der Waals surface area contributed by atoms with Gasteiger partial charge >= 0.3 is 0 Å². The Hall–Kier alpha value is -1.68. The molecule has 0 bridgehead atoms. The number of aliphatic hydroxyl groups is 1. The normalized spacial score (nSPS) is 10.7. The molecule has 0 spiro atoms. The topological polar surface area (TPSA) is 137 Å². The molecule has 9 heteroatoms. The van der Waals surface area contributed by atoms with Crippen LogP contribution in [0, 0.1) is 5.41 Å². The Morgan fingerprint density at radius 1 is 1.38 bits per heavy atom. The van der Waals surface area contributed by atoms with E-state index in [0.717, 1.165) is 5.69 Å². The van der Waals surface area contributed by atoms with E-state index in [1.165, 1.54) is 5.06 Å². The van der Waals surface area contributed by atoms with Gasteiger partial charge in [0, 0.05) is 0 Å². The number of aliphatic hydroxyl groups excluding tert-OH is 1. The molecule has 0 amide bonds. The number of nitrogens with zero attached hydrogens (tertiary/aromatic N) is 1. The molecular weight excluding hydrogens is 298 g/mol. The van der Waals surface area contributed by atoms with Crippen LogP contribution in [0.4, 0.5) is 5.69 Å². The van der Waals surface area contributed by atoms with E-state index in [4.69, 9.17) is 25.6 Å². The van der Waals surface area contributed by atoms with Crippen molar-refractivity contribution < 1.29 is 22.9 Å². The molecule has 8 nitrogen and oxygen atoms in total. The fourth-order valence-electron chi connectivity index (χ4n) is 1.15. The van der Waals surface area contributed by atoms with E-state index in [-0.39, 0.29) is 12.1 Å². The van der Waals surface area contributed by atoms with E-state index in [0.29, 0.717) is 0 Å². The summed E-state index contributed by atoms with van der Waals surface area (Å²) in [6.45, 7) is 3.25. The third kappa shape index (κ3) is 9.79. The number of rotatable bonds is 5. The van der Waals surface area contributed by atoms with Crippen molar-refractivity contribution in [3.63, 3.8) is 0 Å². The van der Waals surface area contributed by atoms with Gasteiger partial charge in [0.25, 0.3) is 10.1 Å². The highest BCUT2D eigenvalue weighted by atomic mass is 32.2. The summed E-state index contributed by atoms with van der Waals surface area (Å²) in [6, 6.07) is 9.31. The van der Waals surface area contributed by atoms with Crippen molar-refractivity contribution in [2.45, 2.75) is 20.0 Å². The van der Waals surface area contributed by atoms with Crippen LogP contribution in [0.3, 0.4) is 0 Å². The fourth-order valence-corrected chi connectivity index (χ4v) is 1.38. The Kier molecular flexibility index (Phi) is 8.55. The van der Waals surface area contributed by atoms with Gasteiger partial charge in [0.1, 0.15) is 0 Å². The van der Waals surface area contributed by atoms with Crippen molar-refractivity contribution in [3.05, 3.63) is 30.3 Å². The summed E-state index contributed by atoms with van der Waals surface area (Å²) < 4.78 is 27.1. The van der Waals surface area contributed by atoms with E-state index in [9.17, 15) is 8.42 Å². The van der Waals surface area contributed by atoms with Crippen molar-refractivity contribution in [2.24, 2.45) is 5.73 Å². The van der Waals surface area contributed by atoms with Gasteiger partial charge in [0.05, 0.1) is 24.2 Å². The summed E-state index contributed by atoms with van der Waals surface area (Å²) >= 11 is 0. The molecule has 1 aromatic carbocycles. The fraction of sp³-hybridized carbons (Fsp3) is 0.417. The largest absolute Gasteiger partial charge is 0.395 e. The highest BCUT2D eigenvalue weighted by molar-refractivity contribution is 7.85. The predicted molar refractivity (Wildman–Crippen MR) is 80.6 cm³/mol. The minimum absolute atomic E-state index is 0.0147. The van der Waals surface area contributed by atoms with E-state index >= 15 is 0 Å². The minimum Gasteiger partial charge on any atom is -0.395 e. The van der Waals surface area contributed by atoms with Gasteiger partial charge in [-0.2, -0.15) is 13.5 Å². The summed E-state index contributed by atoms with van der Waals surface area (Å²) in [5, 5.41) is 16.5. The maximum Gasteiger partial charge on any atom is 0.267 e. The van der Waals surface area contributed by atoms with Crippen molar-refractivity contribution in [1.29, 1.82) is 5.41 Å². The molecule has 5 N–H and O–H groups in total. The monoisotopic (exact) mass is 319 g/mol. The highest BCUT2D eigenvalue weighted by Gasteiger charge is 2.11. The first kappa shape index (κ1) is 19.3. The number of hydroxylamine groups is 1. The Balaban J connectivity index is 0.000000486. The third-order valence-electron chi connectivity index (χ3n) is 1.87. The van der Waals surface area contributed by atoms with E-state index in [1.807, 2.05) is 44.2 Å². The van der Waals surface area contributed by atoms with Crippen LogP contribution >= 0.6 is 0 Å². The molecule has 0 aliphatic carbocycles. The summed E-state index contributed by atoms with van der Waals surface area (Å²) in [7, 11) is -3.92. The average Bonchev–Trinajstić information content (AvgIpc) is 2.36. The van der Waals surface area contributed by atoms with Gasteiger partial charge in [-0.25, -0.2) is 0 Å². The molecule has 0 aliphatic rings. The van der Waals surface area contributed by atoms with Gasteiger partial charge in [0.15, 0.2) is 0 Å². The number of hydrogen-bond donors (Lipinski definition) is 4. The second kappa shape index (κ2) is 9.29. The number of benzene rings is 1. The van der Waals surface area contributed by atoms with Gasteiger partial charge in [-0.15, -0.1) is 0 Å². The van der Waals surface area contributed by atoms with Crippen molar-refractivity contribution in [2.75, 3.05) is 17.4 Å². The first-order valence-corrected chi connectivity index (χ1v) is 7.70. The van der Waals surface area contributed by atoms with Gasteiger partial charge in [-0.3, -0.25) is 14.8 Å². The number of para-hydroxylation sites is 1. The van der Waals surface area contributed by atoms with Gasteiger partial charge in [-0.05, 0) is 26.0 Å². The number of nitrogens with two attached hydrogens (primary N) is 1. The Morgan fingerprint density at radius 2 is 1.90 bits per heavy atom. The lowest BCUT2D eigenvalue weighted by atomic mass is 10.3. The van der Waals surface area contributed by atoms with Crippen LogP contribution in [-0.2, 0) is 15.0 Å². The average molecular weight is 319 g/mol. The number of anilines is 1. The first-order valence-electron chi connectivity index (χ1n) is 6.09. The van der Waals surface area contributed by atoms with Gasteiger partial charge in [-0.1, -0.05) is 18.2 Å². The van der Waals surface area contributed by atoms with Gasteiger partial charge < -0.3 is 10.8 Å². The molecule has 0 aromatic heterocycles. The van der Waals surface area contributed by atoms with E-state index in [1.54, 1.807) is 0 Å². The Labute approximate surface area is 124 Å². The van der Waals surface area contributed by atoms with Crippen LogP contribution in [0.2, 0.25) is 0 Å². The third-order valence-corrected chi connectivity index (χ3v) is 2.57. The highest BCUT2D eigenvalue weighted by Crippen LogP contribution is 2.14. The molecule has 0 saturated carbocycles. The molecule has 0 radical (unpaired) electrons. The van der Waals surface area contributed by atoms with Crippen LogP contribution in [0.25, 0.3) is 0 Å². The molecule has 0 atom stereocenters. The van der Waals surface area contributed by atoms with Crippen molar-refractivity contribution in [3.8, 4) is 0 Å². The van der Waals surface area contributed by atoms with Crippen LogP contribution in [0.5, 0.6) is 0 Å². The molecule has 120 valence electrons. The molecule has 21 heavy (non-hydrogen) atoms. The van der Waals surface area contributed by atoms with Crippen LogP contribution in [0.15, 0.2) is 30.3 Å². The quantitative estimate of drug-likeness (QED) is 0.270. The second-order valence-electron chi connectivity index (χ2n) is 4.18. The Morgan fingerprint density at radius 3 is 2.19 bits per heavy atom. The lowest BCUT2D eigenvalue weighted by Gasteiger charge is -2.23. The summed E-state index contributed by atoms with van der Waals surface area (Å²) in [5.41, 5.74) is 6.16. The SMILES string of the molecule is CC(C)ON(C(=N)N)c1ccccc1.O=S(=O)(O)CCO. The zero-order chi connectivity index (χ0) is 16.5. The summed E-state index contributed by atoms with van der Waals surface area (Å²) in [6.07, 6.45) is -0.0147. The summed E-state index contributed by atoms with van der Waals surface area (Å²) in [5.74, 6) is -0.697. The smallest absolute Gasteiger partial charge is 0.267 e. The predicted octanol–water partition coefficient (Wildman–Crippen LogP) is 0.593. The number of hydrogen-bond acceptors (Lipinski definition) is 5. The molecule has 1 rings (SSSR count). The van der Waals surface area contributed by atoms with Crippen molar-refractivity contribution in [1.82, 2.24) is 0 Å². The lowest BCUT2D eigenvalue weighted by Crippen LogP contribution is -2.38. The standard InChI is InChI=1S/C10H15N3O.C2H6O4S/c1-8(2)14-13(10(11)12)9-6-4-3-5-7-9;3-1-2-7(4,5)6/h3-8H,1-2H3,(H3,11,12);3H,1-2H2,(H,4,5,6). The first-order chi connectivity index (χ1) is 9.67. The zero-order valence-corrected chi connectivity index (χ0v) is 12.7. The summed E-state index contributed by atoms with van der Waals surface area (Å²) in [4.78, 5) is 5.38. The lowest BCUT2D eigenvalue weighted by molar-refractivity contribution is 0.0847. The number of guanidine groups is 1. The zero-order valence-electron chi connectivity index (χ0n) is 11.9. The molecule has 0 unspecified atom stereocenters. The maximum absolute atomic E-state index is 9.63. The van der Waals surface area contributed by atoms with Crippen LogP contribution in [-0.4, -0.2) is 42.5 Å². The second-order valence-corrected chi connectivity index (χ2v) is 5.75. The molecular formula is C12H21N3O5S. The molecule has 0 aliphatic heterocycles. The van der Waals surface area contributed by atoms with Gasteiger partial charge in [0.2, 0.25) is 5.96 Å². The van der Waals surface area contributed by atoms with Crippen LogP contribution < -0.4 is 10.8 Å². The minimum atomic E-state index is -3.92. The molecule has 0 saturated heterocycles.